The number of fused-ring (bicyclic) bond motifs is 1. The van der Waals surface area contributed by atoms with Crippen molar-refractivity contribution in [3.8, 4) is 0 Å². The number of amides is 1. The molecular weight excluding hydrogens is 378 g/mol. The molecule has 0 bridgehead atoms. The second-order valence-electron chi connectivity index (χ2n) is 8.23. The van der Waals surface area contributed by atoms with Crippen molar-refractivity contribution in [2.75, 3.05) is 19.6 Å². The van der Waals surface area contributed by atoms with Gasteiger partial charge in [-0.2, -0.15) is 0 Å². The molecule has 1 amide bonds. The summed E-state index contributed by atoms with van der Waals surface area (Å²) < 4.78 is 1.26. The van der Waals surface area contributed by atoms with E-state index in [0.717, 1.165) is 37.9 Å². The third-order valence-corrected chi connectivity index (χ3v) is 7.00. The van der Waals surface area contributed by atoms with Crippen LogP contribution in [0.2, 0.25) is 0 Å². The number of quaternary nitrogens is 1. The van der Waals surface area contributed by atoms with Gasteiger partial charge in [0.2, 0.25) is 0 Å². The summed E-state index contributed by atoms with van der Waals surface area (Å²) in [5.41, 5.74) is 2.43. The van der Waals surface area contributed by atoms with Gasteiger partial charge < -0.3 is 10.2 Å². The molecule has 1 fully saturated rings. The SMILES string of the molecule is C[C@@H](CCc1ccccc1)NC(=O)C[NH+]1CCC[C@H](c2nc3ccccc3s2)C1. The van der Waals surface area contributed by atoms with Gasteiger partial charge in [-0.25, -0.2) is 4.98 Å². The van der Waals surface area contributed by atoms with Crippen LogP contribution >= 0.6 is 11.3 Å². The van der Waals surface area contributed by atoms with E-state index in [9.17, 15) is 4.79 Å². The number of piperidine rings is 1. The van der Waals surface area contributed by atoms with Crippen LogP contribution in [0, 0.1) is 0 Å². The van der Waals surface area contributed by atoms with Crippen molar-refractivity contribution >= 4 is 27.5 Å². The minimum Gasteiger partial charge on any atom is -0.349 e. The Morgan fingerprint density at radius 2 is 2.00 bits per heavy atom. The van der Waals surface area contributed by atoms with Gasteiger partial charge in [0.1, 0.15) is 5.01 Å². The van der Waals surface area contributed by atoms with E-state index in [2.05, 4.69) is 54.7 Å². The van der Waals surface area contributed by atoms with Crippen molar-refractivity contribution in [1.29, 1.82) is 0 Å². The highest BCUT2D eigenvalue weighted by Crippen LogP contribution is 2.30. The maximum atomic E-state index is 12.6. The Balaban J connectivity index is 1.26. The number of carbonyl (C=O) groups excluding carboxylic acids is 1. The molecule has 3 atom stereocenters. The molecule has 4 rings (SSSR count). The molecule has 1 saturated heterocycles. The molecule has 1 aliphatic rings. The van der Waals surface area contributed by atoms with E-state index in [1.807, 2.05) is 23.5 Å². The molecule has 1 unspecified atom stereocenters. The van der Waals surface area contributed by atoms with Crippen LogP contribution in [0.15, 0.2) is 54.6 Å². The molecule has 0 aliphatic carbocycles. The number of hydrogen-bond donors (Lipinski definition) is 2. The molecule has 29 heavy (non-hydrogen) atoms. The van der Waals surface area contributed by atoms with E-state index in [1.165, 1.54) is 26.6 Å². The molecular formula is C24H30N3OS+. The van der Waals surface area contributed by atoms with Crippen LogP contribution in [0.5, 0.6) is 0 Å². The van der Waals surface area contributed by atoms with Crippen LogP contribution in [-0.2, 0) is 11.2 Å². The third kappa shape index (κ3) is 5.43. The highest BCUT2D eigenvalue weighted by molar-refractivity contribution is 7.18. The summed E-state index contributed by atoms with van der Waals surface area (Å²) >= 11 is 1.81. The van der Waals surface area contributed by atoms with Gasteiger partial charge >= 0.3 is 0 Å². The lowest BCUT2D eigenvalue weighted by Crippen LogP contribution is -3.14. The molecule has 4 nitrogen and oxygen atoms in total. The smallest absolute Gasteiger partial charge is 0.275 e. The van der Waals surface area contributed by atoms with Crippen molar-refractivity contribution in [2.24, 2.45) is 0 Å². The summed E-state index contributed by atoms with van der Waals surface area (Å²) in [6.07, 6.45) is 4.31. The van der Waals surface area contributed by atoms with E-state index in [4.69, 9.17) is 4.98 Å². The standard InChI is InChI=1S/C24H29N3OS/c1-18(13-14-19-8-3-2-4-9-19)25-23(28)17-27-15-7-10-20(16-27)24-26-21-11-5-6-12-22(21)29-24/h2-6,8-9,11-12,18,20H,7,10,13-17H2,1H3,(H,25,28)/p+1/t18-,20-/m0/s1. The molecule has 0 radical (unpaired) electrons. The summed E-state index contributed by atoms with van der Waals surface area (Å²) in [4.78, 5) is 18.8. The fraction of sp³-hybridized carbons (Fsp3) is 0.417. The second-order valence-corrected chi connectivity index (χ2v) is 9.29. The van der Waals surface area contributed by atoms with E-state index in [0.29, 0.717) is 12.5 Å². The number of likely N-dealkylation sites (tertiary alicyclic amines) is 1. The Bertz CT molecular complexity index is 906. The fourth-order valence-electron chi connectivity index (χ4n) is 4.24. The number of carbonyl (C=O) groups is 1. The van der Waals surface area contributed by atoms with Crippen LogP contribution in [0.4, 0.5) is 0 Å². The topological polar surface area (TPSA) is 46.4 Å². The van der Waals surface area contributed by atoms with Crippen LogP contribution < -0.4 is 10.2 Å². The summed E-state index contributed by atoms with van der Waals surface area (Å²) in [6.45, 7) is 4.76. The number of nitrogens with zero attached hydrogens (tertiary/aromatic N) is 1. The van der Waals surface area contributed by atoms with Gasteiger partial charge in [0.05, 0.1) is 29.2 Å². The Hall–Kier alpha value is -2.24. The number of aryl methyl sites for hydroxylation is 1. The Kier molecular flexibility index (Phi) is 6.57. The quantitative estimate of drug-likeness (QED) is 0.631. The first-order valence-electron chi connectivity index (χ1n) is 10.7. The minimum absolute atomic E-state index is 0.172. The van der Waals surface area contributed by atoms with Crippen LogP contribution in [-0.4, -0.2) is 36.6 Å². The first kappa shape index (κ1) is 20.0. The van der Waals surface area contributed by atoms with Crippen molar-refractivity contribution in [3.05, 3.63) is 65.2 Å². The lowest BCUT2D eigenvalue weighted by atomic mass is 9.98. The number of para-hydroxylation sites is 1. The average molecular weight is 409 g/mol. The molecule has 0 spiro atoms. The Morgan fingerprint density at radius 1 is 1.21 bits per heavy atom. The fourth-order valence-corrected chi connectivity index (χ4v) is 5.34. The highest BCUT2D eigenvalue weighted by atomic mass is 32.1. The largest absolute Gasteiger partial charge is 0.349 e. The first-order valence-corrected chi connectivity index (χ1v) is 11.5. The minimum atomic E-state index is 0.172. The lowest BCUT2D eigenvalue weighted by Gasteiger charge is -2.28. The number of benzene rings is 2. The molecule has 5 heteroatoms. The summed E-state index contributed by atoms with van der Waals surface area (Å²) in [7, 11) is 0. The van der Waals surface area contributed by atoms with Crippen molar-refractivity contribution in [2.45, 2.75) is 44.6 Å². The van der Waals surface area contributed by atoms with Gasteiger partial charge in [-0.15, -0.1) is 11.3 Å². The zero-order valence-electron chi connectivity index (χ0n) is 17.1. The summed E-state index contributed by atoms with van der Waals surface area (Å²) in [5, 5.41) is 4.44. The van der Waals surface area contributed by atoms with E-state index < -0.39 is 0 Å². The third-order valence-electron chi connectivity index (χ3n) is 5.80. The highest BCUT2D eigenvalue weighted by Gasteiger charge is 2.28. The van der Waals surface area contributed by atoms with Gasteiger partial charge in [-0.1, -0.05) is 42.5 Å². The van der Waals surface area contributed by atoms with Gasteiger partial charge in [-0.05, 0) is 50.3 Å². The van der Waals surface area contributed by atoms with Crippen molar-refractivity contribution in [3.63, 3.8) is 0 Å². The average Bonchev–Trinajstić information content (AvgIpc) is 3.17. The number of nitrogens with one attached hydrogen (secondary N) is 2. The van der Waals surface area contributed by atoms with Crippen molar-refractivity contribution < 1.29 is 9.69 Å². The maximum absolute atomic E-state index is 12.6. The van der Waals surface area contributed by atoms with E-state index >= 15 is 0 Å². The molecule has 2 aromatic carbocycles. The second kappa shape index (κ2) is 9.51. The number of rotatable bonds is 7. The van der Waals surface area contributed by atoms with Crippen molar-refractivity contribution in [1.82, 2.24) is 10.3 Å². The number of hydrogen-bond acceptors (Lipinski definition) is 3. The molecule has 3 aromatic rings. The molecule has 1 aromatic heterocycles. The van der Waals surface area contributed by atoms with Gasteiger partial charge in [-0.3, -0.25) is 4.79 Å². The number of thiazole rings is 1. The van der Waals surface area contributed by atoms with E-state index in [1.54, 1.807) is 0 Å². The van der Waals surface area contributed by atoms with Crippen LogP contribution in [0.25, 0.3) is 10.2 Å². The van der Waals surface area contributed by atoms with Gasteiger partial charge in [0.15, 0.2) is 6.54 Å². The van der Waals surface area contributed by atoms with Gasteiger partial charge in [0.25, 0.3) is 5.91 Å². The number of aromatic nitrogens is 1. The Labute approximate surface area is 177 Å². The zero-order valence-corrected chi connectivity index (χ0v) is 17.9. The predicted octanol–water partition coefficient (Wildman–Crippen LogP) is 3.20. The monoisotopic (exact) mass is 408 g/mol. The maximum Gasteiger partial charge on any atom is 0.275 e. The molecule has 2 heterocycles. The molecule has 0 saturated carbocycles. The molecule has 1 aliphatic heterocycles. The predicted molar refractivity (Wildman–Crippen MR) is 120 cm³/mol. The van der Waals surface area contributed by atoms with Gasteiger partial charge in [0, 0.05) is 6.04 Å². The molecule has 2 N–H and O–H groups in total. The van der Waals surface area contributed by atoms with Crippen LogP contribution in [0.3, 0.4) is 0 Å². The Morgan fingerprint density at radius 3 is 2.83 bits per heavy atom. The lowest BCUT2D eigenvalue weighted by molar-refractivity contribution is -0.898. The summed E-state index contributed by atoms with van der Waals surface area (Å²) in [6, 6.07) is 19.0. The normalized spacial score (nSPS) is 20.4. The molecule has 152 valence electrons. The van der Waals surface area contributed by atoms with Crippen LogP contribution in [0.1, 0.15) is 42.7 Å². The zero-order chi connectivity index (χ0) is 20.1. The van der Waals surface area contributed by atoms with E-state index in [-0.39, 0.29) is 11.9 Å². The summed E-state index contributed by atoms with van der Waals surface area (Å²) in [5.74, 6) is 0.643. The first-order chi connectivity index (χ1) is 14.2.